The summed E-state index contributed by atoms with van der Waals surface area (Å²) in [6.07, 6.45) is 4.46. The van der Waals surface area contributed by atoms with Crippen LogP contribution < -0.4 is 10.2 Å². The van der Waals surface area contributed by atoms with E-state index in [1.54, 1.807) is 30.5 Å². The molecule has 2 aliphatic heterocycles. The lowest BCUT2D eigenvalue weighted by molar-refractivity contribution is 0.171. The highest BCUT2D eigenvalue weighted by Crippen LogP contribution is 2.40. The molecule has 4 atom stereocenters. The van der Waals surface area contributed by atoms with Crippen molar-refractivity contribution in [3.05, 3.63) is 36.7 Å². The van der Waals surface area contributed by atoms with Gasteiger partial charge in [0.1, 0.15) is 22.6 Å². The molecule has 0 unspecified atom stereocenters. The Bertz CT molecular complexity index is 1290. The molecule has 3 aromatic rings. The summed E-state index contributed by atoms with van der Waals surface area (Å²) in [7, 11) is 0. The summed E-state index contributed by atoms with van der Waals surface area (Å²) in [6.45, 7) is 0. The number of phenols is 1. The van der Waals surface area contributed by atoms with Crippen LogP contribution in [0, 0.1) is 0 Å². The van der Waals surface area contributed by atoms with Crippen molar-refractivity contribution >= 4 is 17.7 Å². The molecule has 2 saturated heterocycles. The molecule has 3 aliphatic rings. The Morgan fingerprint density at radius 3 is 2.79 bits per heavy atom. The number of aromatic hydroxyl groups is 1. The van der Waals surface area contributed by atoms with Crippen LogP contribution in [0.2, 0.25) is 0 Å². The normalized spacial score (nSPS) is 27.6. The highest BCUT2D eigenvalue weighted by atomic mass is 32.2. The van der Waals surface area contributed by atoms with Crippen molar-refractivity contribution in [2.45, 2.75) is 67.5 Å². The van der Waals surface area contributed by atoms with E-state index in [1.165, 1.54) is 6.20 Å². The van der Waals surface area contributed by atoms with E-state index >= 15 is 4.39 Å². The quantitative estimate of drug-likeness (QED) is 0.510. The number of benzene rings is 1. The molecule has 34 heavy (non-hydrogen) atoms. The van der Waals surface area contributed by atoms with Gasteiger partial charge in [-0.05, 0) is 62.1 Å². The maximum absolute atomic E-state index is 15.3. The number of piperidine rings is 1. The standard InChI is InChI=1S/C24H26FN7OS/c1-34-22-9-14(11-27-30-22)13-2-6-17(21(33)8-13)19-12-26-24(31-29-19)32(16-4-5-16)20-10-15-3-7-18(28-15)23(20)25/h2,6,8-9,11-12,15-16,18,20,23,28,33H,3-5,7,10H2,1H3/t15-,18-,20-,23+/m0/s1/i1D3. The Kier molecular flexibility index (Phi) is 4.75. The van der Waals surface area contributed by atoms with Crippen molar-refractivity contribution in [3.63, 3.8) is 0 Å². The van der Waals surface area contributed by atoms with E-state index in [0.29, 0.717) is 46.1 Å². The van der Waals surface area contributed by atoms with Crippen LogP contribution in [0.25, 0.3) is 22.4 Å². The van der Waals surface area contributed by atoms with E-state index < -0.39 is 12.4 Å². The number of anilines is 1. The summed E-state index contributed by atoms with van der Waals surface area (Å²) in [4.78, 5) is 6.57. The van der Waals surface area contributed by atoms with E-state index in [1.807, 2.05) is 4.90 Å². The second kappa shape index (κ2) is 8.74. The fraction of sp³-hybridized carbons (Fsp3) is 0.458. The molecule has 2 N–H and O–H groups in total. The van der Waals surface area contributed by atoms with Gasteiger partial charge in [-0.3, -0.25) is 0 Å². The van der Waals surface area contributed by atoms with Crippen LogP contribution in [0.4, 0.5) is 10.3 Å². The van der Waals surface area contributed by atoms with E-state index in [2.05, 4.69) is 30.7 Å². The number of hydrogen-bond donors (Lipinski definition) is 2. The Labute approximate surface area is 205 Å². The van der Waals surface area contributed by atoms with Crippen molar-refractivity contribution < 1.29 is 13.6 Å². The van der Waals surface area contributed by atoms with Crippen molar-refractivity contribution in [2.75, 3.05) is 11.1 Å². The first-order chi connectivity index (χ1) is 17.7. The molecule has 1 aromatic carbocycles. The average molecular weight is 483 g/mol. The minimum Gasteiger partial charge on any atom is -0.507 e. The van der Waals surface area contributed by atoms with Gasteiger partial charge in [-0.15, -0.1) is 27.1 Å². The van der Waals surface area contributed by atoms with E-state index in [0.717, 1.165) is 32.1 Å². The number of alkyl halides is 1. The number of fused-ring (bicyclic) bond motifs is 2. The van der Waals surface area contributed by atoms with Crippen molar-refractivity contribution in [2.24, 2.45) is 0 Å². The monoisotopic (exact) mass is 482 g/mol. The number of halogens is 1. The van der Waals surface area contributed by atoms with Crippen LogP contribution in [0.15, 0.2) is 41.7 Å². The molecule has 1 aliphatic carbocycles. The molecule has 0 spiro atoms. The lowest BCUT2D eigenvalue weighted by Crippen LogP contribution is -2.57. The second-order valence-corrected chi connectivity index (χ2v) is 9.82. The topological polar surface area (TPSA) is 100.0 Å². The number of nitrogens with one attached hydrogen (secondary N) is 1. The highest BCUT2D eigenvalue weighted by molar-refractivity contribution is 7.98. The minimum atomic E-state index is -2.23. The van der Waals surface area contributed by atoms with Gasteiger partial charge in [0.15, 0.2) is 0 Å². The second-order valence-electron chi connectivity index (χ2n) is 9.19. The Morgan fingerprint density at radius 2 is 2.03 bits per heavy atom. The molecule has 10 heteroatoms. The molecule has 2 aromatic heterocycles. The number of hydrogen-bond acceptors (Lipinski definition) is 9. The molecule has 3 fully saturated rings. The molecule has 0 amide bonds. The third-order valence-corrected chi connectivity index (χ3v) is 7.38. The van der Waals surface area contributed by atoms with Crippen LogP contribution in [-0.4, -0.2) is 67.0 Å². The third-order valence-electron chi connectivity index (χ3n) is 6.98. The number of phenolic OH excluding ortho intramolecular Hbond substituents is 1. The first-order valence-corrected chi connectivity index (χ1v) is 12.3. The molecule has 6 rings (SSSR count). The summed E-state index contributed by atoms with van der Waals surface area (Å²) in [6, 6.07) is 6.87. The fourth-order valence-electron chi connectivity index (χ4n) is 5.17. The van der Waals surface area contributed by atoms with Gasteiger partial charge in [0.05, 0.1) is 18.4 Å². The van der Waals surface area contributed by atoms with Gasteiger partial charge < -0.3 is 15.3 Å². The van der Waals surface area contributed by atoms with Crippen molar-refractivity contribution in [3.8, 4) is 28.1 Å². The molecular formula is C24H26FN7OS. The average Bonchev–Trinajstić information content (AvgIpc) is 3.61. The Morgan fingerprint density at radius 1 is 1.12 bits per heavy atom. The van der Waals surface area contributed by atoms with Crippen LogP contribution in [0.3, 0.4) is 0 Å². The third kappa shape index (κ3) is 3.98. The number of aromatic nitrogens is 5. The number of thioether (sulfide) groups is 1. The number of rotatable bonds is 6. The lowest BCUT2D eigenvalue weighted by atomic mass is 9.96. The fourth-order valence-corrected chi connectivity index (χ4v) is 5.45. The first-order valence-electron chi connectivity index (χ1n) is 13.0. The zero-order valence-corrected chi connectivity index (χ0v) is 19.1. The van der Waals surface area contributed by atoms with Gasteiger partial charge >= 0.3 is 0 Å². The van der Waals surface area contributed by atoms with Crippen molar-refractivity contribution in [1.82, 2.24) is 30.7 Å². The SMILES string of the molecule is [2H]C([2H])([2H])Sc1cc(-c2ccc(-c3cnc(N(C4CC4)[C@H]4C[C@@H]5CC[C@H](N5)[C@H]4F)nn3)c(O)c2)cnn1. The molecule has 176 valence electrons. The Hall–Kier alpha value is -2.85. The van der Waals surface area contributed by atoms with E-state index in [-0.39, 0.29) is 28.9 Å². The van der Waals surface area contributed by atoms with Gasteiger partial charge in [-0.2, -0.15) is 5.10 Å². The smallest absolute Gasteiger partial charge is 0.245 e. The molecule has 0 radical (unpaired) electrons. The van der Waals surface area contributed by atoms with Gasteiger partial charge in [0.2, 0.25) is 5.95 Å². The minimum absolute atomic E-state index is 0.0269. The maximum atomic E-state index is 15.3. The van der Waals surface area contributed by atoms with Crippen LogP contribution >= 0.6 is 11.8 Å². The van der Waals surface area contributed by atoms with Crippen LogP contribution in [-0.2, 0) is 0 Å². The summed E-state index contributed by atoms with van der Waals surface area (Å²) in [5.74, 6) is 0.402. The molecule has 4 heterocycles. The number of nitrogens with zero attached hydrogens (tertiary/aromatic N) is 6. The molecule has 2 bridgehead atoms. The van der Waals surface area contributed by atoms with Gasteiger partial charge in [-0.1, -0.05) is 6.07 Å². The largest absolute Gasteiger partial charge is 0.507 e. The summed E-state index contributed by atoms with van der Waals surface area (Å²) < 4.78 is 37.5. The van der Waals surface area contributed by atoms with Crippen LogP contribution in [0.1, 0.15) is 36.2 Å². The summed E-state index contributed by atoms with van der Waals surface area (Å²) in [5.41, 5.74) is 2.13. The maximum Gasteiger partial charge on any atom is 0.245 e. The van der Waals surface area contributed by atoms with E-state index in [4.69, 9.17) is 4.11 Å². The lowest BCUT2D eigenvalue weighted by Gasteiger charge is -2.40. The van der Waals surface area contributed by atoms with Crippen LogP contribution in [0.5, 0.6) is 5.75 Å². The molecular weight excluding hydrogens is 453 g/mol. The zero-order chi connectivity index (χ0) is 25.7. The molecule has 8 nitrogen and oxygen atoms in total. The van der Waals surface area contributed by atoms with Gasteiger partial charge in [0.25, 0.3) is 0 Å². The van der Waals surface area contributed by atoms with E-state index in [9.17, 15) is 5.11 Å². The summed E-state index contributed by atoms with van der Waals surface area (Å²) in [5, 5.41) is 30.8. The van der Waals surface area contributed by atoms with Gasteiger partial charge in [-0.25, -0.2) is 9.37 Å². The van der Waals surface area contributed by atoms with Crippen molar-refractivity contribution in [1.29, 1.82) is 0 Å². The highest BCUT2D eigenvalue weighted by Gasteiger charge is 2.48. The predicted molar refractivity (Wildman–Crippen MR) is 128 cm³/mol. The van der Waals surface area contributed by atoms with Gasteiger partial charge in [0, 0.05) is 33.4 Å². The zero-order valence-electron chi connectivity index (χ0n) is 21.3. The first kappa shape index (κ1) is 18.5. The Balaban J connectivity index is 1.23. The predicted octanol–water partition coefficient (Wildman–Crippen LogP) is 3.62. The molecule has 1 saturated carbocycles. The summed E-state index contributed by atoms with van der Waals surface area (Å²) >= 11 is 0.644.